The first kappa shape index (κ1) is 15.9. The van der Waals surface area contributed by atoms with E-state index in [1.807, 2.05) is 0 Å². The Morgan fingerprint density at radius 1 is 1.14 bits per heavy atom. The molecule has 0 radical (unpaired) electrons. The smallest absolute Gasteiger partial charge is 0.338 e. The largest absolute Gasteiger partial charge is 0.462 e. The van der Waals surface area contributed by atoms with Crippen molar-refractivity contribution < 1.29 is 13.9 Å². The van der Waals surface area contributed by atoms with E-state index in [1.54, 1.807) is 43.3 Å². The van der Waals surface area contributed by atoms with Crippen LogP contribution in [0.2, 0.25) is 0 Å². The van der Waals surface area contributed by atoms with Crippen molar-refractivity contribution in [3.05, 3.63) is 59.9 Å². The lowest BCUT2D eigenvalue weighted by atomic mass is 10.2. The molecule has 2 aromatic rings. The van der Waals surface area contributed by atoms with Gasteiger partial charge in [-0.1, -0.05) is 12.1 Å². The predicted octanol–water partition coefficient (Wildman–Crippen LogP) is 3.81. The second kappa shape index (κ2) is 7.51. The average Bonchev–Trinajstić information content (AvgIpc) is 2.47. The summed E-state index contributed by atoms with van der Waals surface area (Å²) >= 11 is 5.16. The summed E-state index contributed by atoms with van der Waals surface area (Å²) in [5, 5.41) is 6.10. The van der Waals surface area contributed by atoms with Crippen molar-refractivity contribution in [3.63, 3.8) is 0 Å². The molecule has 114 valence electrons. The summed E-state index contributed by atoms with van der Waals surface area (Å²) in [6, 6.07) is 12.8. The normalized spacial score (nSPS) is 9.91. The zero-order valence-electron chi connectivity index (χ0n) is 11.9. The molecule has 0 spiro atoms. The van der Waals surface area contributed by atoms with Gasteiger partial charge in [-0.2, -0.15) is 0 Å². The van der Waals surface area contributed by atoms with Gasteiger partial charge >= 0.3 is 5.97 Å². The molecule has 0 amide bonds. The Balaban J connectivity index is 2.02. The third-order valence-electron chi connectivity index (χ3n) is 2.71. The fourth-order valence-corrected chi connectivity index (χ4v) is 2.03. The number of nitrogens with one attached hydrogen (secondary N) is 2. The van der Waals surface area contributed by atoms with Crippen molar-refractivity contribution in [2.24, 2.45) is 0 Å². The van der Waals surface area contributed by atoms with Gasteiger partial charge in [-0.25, -0.2) is 9.18 Å². The summed E-state index contributed by atoms with van der Waals surface area (Å²) in [4.78, 5) is 11.7. The number of carbonyl (C=O) groups is 1. The summed E-state index contributed by atoms with van der Waals surface area (Å²) in [6.45, 7) is 2.06. The van der Waals surface area contributed by atoms with E-state index in [-0.39, 0.29) is 5.82 Å². The maximum absolute atomic E-state index is 13.1. The second-order valence-electron chi connectivity index (χ2n) is 4.39. The molecule has 2 rings (SSSR count). The van der Waals surface area contributed by atoms with Crippen LogP contribution >= 0.6 is 12.2 Å². The summed E-state index contributed by atoms with van der Waals surface area (Å²) in [6.07, 6.45) is 0. The van der Waals surface area contributed by atoms with Gasteiger partial charge in [0, 0.05) is 11.4 Å². The minimum atomic E-state index is -0.393. The van der Waals surface area contributed by atoms with Crippen molar-refractivity contribution in [1.82, 2.24) is 0 Å². The predicted molar refractivity (Wildman–Crippen MR) is 88.6 cm³/mol. The second-order valence-corrected chi connectivity index (χ2v) is 4.80. The summed E-state index contributed by atoms with van der Waals surface area (Å²) in [7, 11) is 0. The molecule has 4 nitrogen and oxygen atoms in total. The van der Waals surface area contributed by atoms with Crippen molar-refractivity contribution in [2.45, 2.75) is 6.92 Å². The Morgan fingerprint density at radius 3 is 2.41 bits per heavy atom. The zero-order valence-corrected chi connectivity index (χ0v) is 12.7. The van der Waals surface area contributed by atoms with E-state index in [0.717, 1.165) is 0 Å². The van der Waals surface area contributed by atoms with Crippen LogP contribution in [-0.2, 0) is 4.74 Å². The van der Waals surface area contributed by atoms with E-state index in [0.29, 0.717) is 28.7 Å². The van der Waals surface area contributed by atoms with Gasteiger partial charge in [0.05, 0.1) is 12.2 Å². The highest BCUT2D eigenvalue weighted by atomic mass is 32.1. The minimum Gasteiger partial charge on any atom is -0.462 e. The first-order chi connectivity index (χ1) is 10.6. The van der Waals surface area contributed by atoms with Crippen LogP contribution in [-0.4, -0.2) is 17.7 Å². The van der Waals surface area contributed by atoms with Crippen molar-refractivity contribution in [3.8, 4) is 0 Å². The minimum absolute atomic E-state index is 0.298. The lowest BCUT2D eigenvalue weighted by molar-refractivity contribution is 0.0526. The van der Waals surface area contributed by atoms with Gasteiger partial charge in [0.1, 0.15) is 5.82 Å². The van der Waals surface area contributed by atoms with Crippen molar-refractivity contribution in [2.75, 3.05) is 17.2 Å². The molecule has 0 aliphatic carbocycles. The average molecular weight is 318 g/mol. The number of anilines is 2. The fraction of sp³-hybridized carbons (Fsp3) is 0.125. The molecule has 0 unspecified atom stereocenters. The Labute approximate surface area is 133 Å². The van der Waals surface area contributed by atoms with Crippen LogP contribution in [0.1, 0.15) is 17.3 Å². The molecule has 0 heterocycles. The molecule has 0 atom stereocenters. The van der Waals surface area contributed by atoms with Gasteiger partial charge in [-0.3, -0.25) is 0 Å². The van der Waals surface area contributed by atoms with Crippen LogP contribution in [0.25, 0.3) is 0 Å². The maximum Gasteiger partial charge on any atom is 0.338 e. The van der Waals surface area contributed by atoms with Crippen LogP contribution in [0, 0.1) is 5.82 Å². The number of esters is 1. The number of carbonyl (C=O) groups excluding carboxylic acids is 1. The maximum atomic E-state index is 13.1. The molecule has 2 N–H and O–H groups in total. The molecule has 22 heavy (non-hydrogen) atoms. The van der Waals surface area contributed by atoms with Crippen LogP contribution in [0.15, 0.2) is 48.5 Å². The summed E-state index contributed by atoms with van der Waals surface area (Å²) < 4.78 is 18.0. The molecule has 0 saturated heterocycles. The number of benzene rings is 2. The van der Waals surface area contributed by atoms with Gasteiger partial charge in [-0.05, 0) is 55.5 Å². The lowest BCUT2D eigenvalue weighted by Crippen LogP contribution is -2.19. The van der Waals surface area contributed by atoms with Gasteiger partial charge in [0.2, 0.25) is 0 Å². The van der Waals surface area contributed by atoms with Crippen LogP contribution in [0.3, 0.4) is 0 Å². The van der Waals surface area contributed by atoms with E-state index in [4.69, 9.17) is 17.0 Å². The van der Waals surface area contributed by atoms with E-state index in [1.165, 1.54) is 12.1 Å². The van der Waals surface area contributed by atoms with Crippen LogP contribution in [0.5, 0.6) is 0 Å². The van der Waals surface area contributed by atoms with Crippen molar-refractivity contribution >= 4 is 34.7 Å². The number of rotatable bonds is 4. The number of hydrogen-bond acceptors (Lipinski definition) is 3. The molecule has 0 aliphatic rings. The molecule has 0 fully saturated rings. The topological polar surface area (TPSA) is 50.4 Å². The Morgan fingerprint density at radius 2 is 1.77 bits per heavy atom. The highest BCUT2D eigenvalue weighted by Gasteiger charge is 2.07. The van der Waals surface area contributed by atoms with Gasteiger partial charge < -0.3 is 15.4 Å². The number of thiocarbonyl (C=S) groups is 1. The summed E-state index contributed by atoms with van der Waals surface area (Å²) in [5.41, 5.74) is 1.61. The highest BCUT2D eigenvalue weighted by Crippen LogP contribution is 2.14. The Kier molecular flexibility index (Phi) is 5.43. The van der Waals surface area contributed by atoms with Crippen molar-refractivity contribution in [1.29, 1.82) is 0 Å². The van der Waals surface area contributed by atoms with Crippen LogP contribution in [0.4, 0.5) is 15.8 Å². The third kappa shape index (κ3) is 4.53. The van der Waals surface area contributed by atoms with E-state index in [2.05, 4.69) is 10.6 Å². The van der Waals surface area contributed by atoms with Gasteiger partial charge in [0.15, 0.2) is 5.11 Å². The highest BCUT2D eigenvalue weighted by molar-refractivity contribution is 7.80. The first-order valence-electron chi connectivity index (χ1n) is 6.69. The quantitative estimate of drug-likeness (QED) is 0.663. The SMILES string of the molecule is CCOC(=O)c1cccc(NC(=S)Nc2cccc(F)c2)c1. The fourth-order valence-electron chi connectivity index (χ4n) is 1.80. The summed E-state index contributed by atoms with van der Waals surface area (Å²) in [5.74, 6) is -0.743. The number of ether oxygens (including phenoxy) is 1. The molecule has 0 bridgehead atoms. The molecule has 6 heteroatoms. The number of hydrogen-bond donors (Lipinski definition) is 2. The Hall–Kier alpha value is -2.47. The van der Waals surface area contributed by atoms with Gasteiger partial charge in [-0.15, -0.1) is 0 Å². The molecule has 2 aromatic carbocycles. The monoisotopic (exact) mass is 318 g/mol. The first-order valence-corrected chi connectivity index (χ1v) is 7.10. The molecular formula is C16H15FN2O2S. The standard InChI is InChI=1S/C16H15FN2O2S/c1-2-21-15(20)11-5-3-7-13(9-11)18-16(22)19-14-8-4-6-12(17)10-14/h3-10H,2H2,1H3,(H2,18,19,22). The molecule has 0 aromatic heterocycles. The van der Waals surface area contributed by atoms with E-state index in [9.17, 15) is 9.18 Å². The number of halogens is 1. The van der Waals surface area contributed by atoms with E-state index < -0.39 is 5.97 Å². The zero-order chi connectivity index (χ0) is 15.9. The molecular weight excluding hydrogens is 303 g/mol. The lowest BCUT2D eigenvalue weighted by Gasteiger charge is -2.11. The molecule has 0 aliphatic heterocycles. The molecule has 0 saturated carbocycles. The van der Waals surface area contributed by atoms with Gasteiger partial charge in [0.25, 0.3) is 0 Å². The Bertz CT molecular complexity index is 691. The van der Waals surface area contributed by atoms with E-state index >= 15 is 0 Å². The van der Waals surface area contributed by atoms with Crippen LogP contribution < -0.4 is 10.6 Å². The third-order valence-corrected chi connectivity index (χ3v) is 2.92.